The van der Waals surface area contributed by atoms with Gasteiger partial charge in [0.25, 0.3) is 0 Å². The summed E-state index contributed by atoms with van der Waals surface area (Å²) in [5, 5.41) is 10.3. The summed E-state index contributed by atoms with van der Waals surface area (Å²) in [6, 6.07) is 7.31. The number of oxazole rings is 2. The summed E-state index contributed by atoms with van der Waals surface area (Å²) >= 11 is 0. The van der Waals surface area contributed by atoms with Crippen LogP contribution >= 0.6 is 0 Å². The lowest BCUT2D eigenvalue weighted by atomic mass is 9.99. The molecule has 6 nitrogen and oxygen atoms in total. The highest BCUT2D eigenvalue weighted by Gasteiger charge is 2.17. The summed E-state index contributed by atoms with van der Waals surface area (Å²) in [5.74, 6) is 1.23. The van der Waals surface area contributed by atoms with Gasteiger partial charge < -0.3 is 18.7 Å². The summed E-state index contributed by atoms with van der Waals surface area (Å²) in [6.45, 7) is 6.63. The largest absolute Gasteiger partial charge is 0.508 e. The van der Waals surface area contributed by atoms with Crippen molar-refractivity contribution in [3.05, 3.63) is 48.2 Å². The van der Waals surface area contributed by atoms with Gasteiger partial charge >= 0.3 is 0 Å². The molecule has 0 saturated carbocycles. The zero-order valence-corrected chi connectivity index (χ0v) is 14.9. The molecule has 2 heterocycles. The summed E-state index contributed by atoms with van der Waals surface area (Å²) in [7, 11) is 0. The molecule has 2 aromatic heterocycles. The standard InChI is InChI=1S/C20H20N2O4/c1-11(2)13-4-15-20(26-9-21-15)7-18(13)24-8-12(3)14-5-19-16(6-17(14)23)22-10-25-19/h4-7,9-12,23H,8H2,1-3H3. The first-order chi connectivity index (χ1) is 12.5. The average molecular weight is 352 g/mol. The van der Waals surface area contributed by atoms with E-state index in [1.807, 2.05) is 25.1 Å². The Bertz CT molecular complexity index is 1060. The number of phenols is 1. The number of rotatable bonds is 5. The van der Waals surface area contributed by atoms with Gasteiger partial charge in [0.15, 0.2) is 24.0 Å². The fourth-order valence-corrected chi connectivity index (χ4v) is 3.08. The van der Waals surface area contributed by atoms with Gasteiger partial charge in [-0.3, -0.25) is 0 Å². The molecule has 0 amide bonds. The van der Waals surface area contributed by atoms with Crippen LogP contribution in [0.4, 0.5) is 0 Å². The van der Waals surface area contributed by atoms with Gasteiger partial charge in [-0.2, -0.15) is 0 Å². The van der Waals surface area contributed by atoms with E-state index >= 15 is 0 Å². The van der Waals surface area contributed by atoms with E-state index in [2.05, 4.69) is 23.8 Å². The Morgan fingerprint density at radius 2 is 1.58 bits per heavy atom. The summed E-state index contributed by atoms with van der Waals surface area (Å²) < 4.78 is 16.8. The van der Waals surface area contributed by atoms with Crippen LogP contribution in [0.3, 0.4) is 0 Å². The lowest BCUT2D eigenvalue weighted by molar-refractivity contribution is 0.289. The summed E-state index contributed by atoms with van der Waals surface area (Å²) in [6.07, 6.45) is 2.81. The van der Waals surface area contributed by atoms with E-state index in [4.69, 9.17) is 13.6 Å². The molecular formula is C20H20N2O4. The highest BCUT2D eigenvalue weighted by atomic mass is 16.5. The quantitative estimate of drug-likeness (QED) is 0.545. The van der Waals surface area contributed by atoms with Crippen LogP contribution in [0.5, 0.6) is 11.5 Å². The van der Waals surface area contributed by atoms with E-state index in [0.717, 1.165) is 22.4 Å². The molecule has 1 unspecified atom stereocenters. The monoisotopic (exact) mass is 352 g/mol. The lowest BCUT2D eigenvalue weighted by Gasteiger charge is -2.18. The fraction of sp³-hybridized carbons (Fsp3) is 0.300. The van der Waals surface area contributed by atoms with Crippen molar-refractivity contribution in [1.29, 1.82) is 0 Å². The van der Waals surface area contributed by atoms with Gasteiger partial charge in [0, 0.05) is 23.6 Å². The Labute approximate surface area is 150 Å². The number of aromatic nitrogens is 2. The minimum Gasteiger partial charge on any atom is -0.508 e. The minimum atomic E-state index is -0.0325. The van der Waals surface area contributed by atoms with Crippen molar-refractivity contribution in [1.82, 2.24) is 9.97 Å². The van der Waals surface area contributed by atoms with E-state index in [9.17, 15) is 5.11 Å². The molecule has 4 rings (SSSR count). The molecule has 1 atom stereocenters. The van der Waals surface area contributed by atoms with Crippen LogP contribution in [-0.2, 0) is 0 Å². The molecule has 0 aliphatic heterocycles. The van der Waals surface area contributed by atoms with Crippen molar-refractivity contribution in [3.63, 3.8) is 0 Å². The Morgan fingerprint density at radius 1 is 0.923 bits per heavy atom. The van der Waals surface area contributed by atoms with E-state index in [0.29, 0.717) is 29.2 Å². The van der Waals surface area contributed by atoms with Gasteiger partial charge in [0.05, 0.1) is 6.61 Å². The molecule has 6 heteroatoms. The molecule has 2 aromatic carbocycles. The van der Waals surface area contributed by atoms with Crippen molar-refractivity contribution >= 4 is 22.2 Å². The van der Waals surface area contributed by atoms with Crippen molar-refractivity contribution in [2.75, 3.05) is 6.61 Å². The number of hydrogen-bond acceptors (Lipinski definition) is 6. The molecule has 0 saturated heterocycles. The molecular weight excluding hydrogens is 332 g/mol. The third-order valence-electron chi connectivity index (χ3n) is 4.58. The van der Waals surface area contributed by atoms with Crippen LogP contribution in [0.1, 0.15) is 43.7 Å². The molecule has 4 aromatic rings. The zero-order valence-electron chi connectivity index (χ0n) is 14.9. The molecule has 0 aliphatic carbocycles. The number of phenolic OH excluding ortho intramolecular Hbond substituents is 1. The Kier molecular flexibility index (Phi) is 4.03. The third kappa shape index (κ3) is 2.87. The Morgan fingerprint density at radius 3 is 2.27 bits per heavy atom. The van der Waals surface area contributed by atoms with E-state index in [1.165, 1.54) is 12.8 Å². The van der Waals surface area contributed by atoms with Gasteiger partial charge in [-0.15, -0.1) is 0 Å². The Balaban J connectivity index is 1.60. The van der Waals surface area contributed by atoms with Gasteiger partial charge in [0.1, 0.15) is 22.5 Å². The molecule has 134 valence electrons. The first-order valence-corrected chi connectivity index (χ1v) is 8.59. The summed E-state index contributed by atoms with van der Waals surface area (Å²) in [5.41, 5.74) is 4.65. The third-order valence-corrected chi connectivity index (χ3v) is 4.58. The number of ether oxygens (including phenoxy) is 1. The predicted molar refractivity (Wildman–Crippen MR) is 97.7 cm³/mol. The second kappa shape index (κ2) is 6.37. The van der Waals surface area contributed by atoms with Crippen LogP contribution in [0.25, 0.3) is 22.2 Å². The second-order valence-corrected chi connectivity index (χ2v) is 6.81. The SMILES string of the molecule is CC(C)c1cc2ncoc2cc1OCC(C)c1cc2ocnc2cc1O. The number of fused-ring (bicyclic) bond motifs is 2. The first-order valence-electron chi connectivity index (χ1n) is 8.59. The fourth-order valence-electron chi connectivity index (χ4n) is 3.08. The smallest absolute Gasteiger partial charge is 0.181 e. The summed E-state index contributed by atoms with van der Waals surface area (Å²) in [4.78, 5) is 8.26. The number of benzene rings is 2. The van der Waals surface area contributed by atoms with E-state index in [-0.39, 0.29) is 11.7 Å². The number of nitrogens with zero attached hydrogens (tertiary/aromatic N) is 2. The highest BCUT2D eigenvalue weighted by Crippen LogP contribution is 2.34. The predicted octanol–water partition coefficient (Wildman–Crippen LogP) is 4.98. The van der Waals surface area contributed by atoms with Crippen LogP contribution < -0.4 is 4.74 Å². The first kappa shape index (κ1) is 16.4. The maximum absolute atomic E-state index is 10.3. The van der Waals surface area contributed by atoms with Crippen LogP contribution in [0.2, 0.25) is 0 Å². The normalized spacial score (nSPS) is 12.9. The van der Waals surface area contributed by atoms with Crippen LogP contribution in [0, 0.1) is 0 Å². The van der Waals surface area contributed by atoms with Crippen molar-refractivity contribution in [2.45, 2.75) is 32.6 Å². The van der Waals surface area contributed by atoms with Gasteiger partial charge in [-0.25, -0.2) is 9.97 Å². The van der Waals surface area contributed by atoms with Crippen molar-refractivity contribution < 1.29 is 18.7 Å². The van der Waals surface area contributed by atoms with Crippen LogP contribution in [0.15, 0.2) is 45.9 Å². The average Bonchev–Trinajstić information content (AvgIpc) is 3.25. The maximum Gasteiger partial charge on any atom is 0.181 e. The molecule has 0 radical (unpaired) electrons. The van der Waals surface area contributed by atoms with Crippen molar-refractivity contribution in [3.8, 4) is 11.5 Å². The second-order valence-electron chi connectivity index (χ2n) is 6.81. The molecule has 0 fully saturated rings. The molecule has 1 N–H and O–H groups in total. The highest BCUT2D eigenvalue weighted by molar-refractivity contribution is 5.76. The van der Waals surface area contributed by atoms with Crippen molar-refractivity contribution in [2.24, 2.45) is 0 Å². The topological polar surface area (TPSA) is 81.5 Å². The molecule has 0 aliphatic rings. The number of aromatic hydroxyl groups is 1. The maximum atomic E-state index is 10.3. The van der Waals surface area contributed by atoms with E-state index in [1.54, 1.807) is 6.07 Å². The van der Waals surface area contributed by atoms with Crippen LogP contribution in [-0.4, -0.2) is 21.7 Å². The molecule has 0 bridgehead atoms. The molecule has 26 heavy (non-hydrogen) atoms. The molecule has 0 spiro atoms. The zero-order chi connectivity index (χ0) is 18.3. The van der Waals surface area contributed by atoms with Gasteiger partial charge in [-0.1, -0.05) is 20.8 Å². The number of hydrogen-bond donors (Lipinski definition) is 1. The van der Waals surface area contributed by atoms with E-state index < -0.39 is 0 Å². The van der Waals surface area contributed by atoms with Gasteiger partial charge in [-0.05, 0) is 23.6 Å². The lowest BCUT2D eigenvalue weighted by Crippen LogP contribution is -2.09. The van der Waals surface area contributed by atoms with Gasteiger partial charge in [0.2, 0.25) is 0 Å². The Hall–Kier alpha value is -3.02. The minimum absolute atomic E-state index is 0.0325.